The predicted octanol–water partition coefficient (Wildman–Crippen LogP) is 6.47. The molecule has 0 amide bonds. The van der Waals surface area contributed by atoms with Gasteiger partial charge in [-0.15, -0.1) is 11.3 Å². The molecule has 0 saturated carbocycles. The molecule has 0 radical (unpaired) electrons. The van der Waals surface area contributed by atoms with E-state index in [0.29, 0.717) is 22.3 Å². The number of rotatable bonds is 5. The van der Waals surface area contributed by atoms with E-state index in [1.54, 1.807) is 6.92 Å². The van der Waals surface area contributed by atoms with Gasteiger partial charge in [0.05, 0.1) is 12.3 Å². The third kappa shape index (κ3) is 4.60. The number of thiocarbonyl (C=S) groups is 1. The van der Waals surface area contributed by atoms with Crippen LogP contribution in [0.25, 0.3) is 11.1 Å². The number of hydrogen-bond donors (Lipinski definition) is 2. The van der Waals surface area contributed by atoms with Gasteiger partial charge < -0.3 is 15.4 Å². The third-order valence-electron chi connectivity index (χ3n) is 3.98. The minimum Gasteiger partial charge on any atom is -0.462 e. The monoisotopic (exact) mass is 474 g/mol. The van der Waals surface area contributed by atoms with Crippen LogP contribution in [0.1, 0.15) is 22.2 Å². The summed E-state index contributed by atoms with van der Waals surface area (Å²) in [5, 5.41) is 7.39. The molecule has 28 heavy (non-hydrogen) atoms. The zero-order valence-electron chi connectivity index (χ0n) is 15.4. The first kappa shape index (κ1) is 20.5. The van der Waals surface area contributed by atoms with Crippen molar-refractivity contribution in [1.82, 2.24) is 0 Å². The molecule has 144 valence electrons. The van der Waals surface area contributed by atoms with Gasteiger partial charge in [0.25, 0.3) is 0 Å². The van der Waals surface area contributed by atoms with Crippen molar-refractivity contribution in [1.29, 1.82) is 0 Å². The van der Waals surface area contributed by atoms with Crippen LogP contribution in [0.15, 0.2) is 59.1 Å². The van der Waals surface area contributed by atoms with Crippen LogP contribution in [0, 0.1) is 6.92 Å². The number of carbonyl (C=O) groups excluding carboxylic acids is 1. The Morgan fingerprint density at radius 2 is 1.79 bits per heavy atom. The maximum absolute atomic E-state index is 12.7. The van der Waals surface area contributed by atoms with Gasteiger partial charge >= 0.3 is 5.97 Å². The highest BCUT2D eigenvalue weighted by Crippen LogP contribution is 2.40. The van der Waals surface area contributed by atoms with Crippen LogP contribution in [0.2, 0.25) is 0 Å². The molecule has 0 saturated heterocycles. The summed E-state index contributed by atoms with van der Waals surface area (Å²) in [6.07, 6.45) is 0. The van der Waals surface area contributed by atoms with Crippen molar-refractivity contribution in [2.75, 3.05) is 17.2 Å². The van der Waals surface area contributed by atoms with E-state index in [4.69, 9.17) is 17.0 Å². The minimum absolute atomic E-state index is 0.307. The van der Waals surface area contributed by atoms with Crippen LogP contribution in [-0.2, 0) is 4.74 Å². The first-order valence-electron chi connectivity index (χ1n) is 8.69. The largest absolute Gasteiger partial charge is 0.462 e. The van der Waals surface area contributed by atoms with Crippen LogP contribution in [-0.4, -0.2) is 17.7 Å². The van der Waals surface area contributed by atoms with E-state index in [0.717, 1.165) is 26.2 Å². The Labute approximate surface area is 182 Å². The summed E-state index contributed by atoms with van der Waals surface area (Å²) in [5.41, 5.74) is 3.19. The summed E-state index contributed by atoms with van der Waals surface area (Å²) < 4.78 is 6.22. The molecule has 0 aliphatic rings. The van der Waals surface area contributed by atoms with Crippen molar-refractivity contribution in [3.63, 3.8) is 0 Å². The van der Waals surface area contributed by atoms with E-state index >= 15 is 0 Å². The van der Waals surface area contributed by atoms with Gasteiger partial charge in [-0.25, -0.2) is 4.79 Å². The Balaban J connectivity index is 1.95. The topological polar surface area (TPSA) is 50.4 Å². The van der Waals surface area contributed by atoms with Crippen molar-refractivity contribution in [3.05, 3.63) is 69.5 Å². The van der Waals surface area contributed by atoms with Crippen LogP contribution in [0.3, 0.4) is 0 Å². The van der Waals surface area contributed by atoms with E-state index in [2.05, 4.69) is 26.6 Å². The van der Waals surface area contributed by atoms with Gasteiger partial charge in [-0.1, -0.05) is 42.5 Å². The number of para-hydroxylation sites is 1. The number of hydrogen-bond acceptors (Lipinski definition) is 4. The fraction of sp³-hybridized carbons (Fsp3) is 0.143. The average Bonchev–Trinajstić information content (AvgIpc) is 3.00. The van der Waals surface area contributed by atoms with Crippen LogP contribution in [0.4, 0.5) is 10.7 Å². The molecular weight excluding hydrogens is 456 g/mol. The maximum atomic E-state index is 12.7. The highest BCUT2D eigenvalue weighted by molar-refractivity contribution is 9.10. The second kappa shape index (κ2) is 9.32. The highest BCUT2D eigenvalue weighted by Gasteiger charge is 2.25. The van der Waals surface area contributed by atoms with Crippen LogP contribution >= 0.6 is 39.5 Å². The lowest BCUT2D eigenvalue weighted by Gasteiger charge is -2.12. The van der Waals surface area contributed by atoms with Crippen LogP contribution < -0.4 is 10.6 Å². The quantitative estimate of drug-likeness (QED) is 0.327. The fourth-order valence-electron chi connectivity index (χ4n) is 2.80. The van der Waals surface area contributed by atoms with Gasteiger partial charge in [0.2, 0.25) is 0 Å². The van der Waals surface area contributed by atoms with Gasteiger partial charge in [-0.05, 0) is 59.7 Å². The zero-order chi connectivity index (χ0) is 20.1. The van der Waals surface area contributed by atoms with Gasteiger partial charge in [0.15, 0.2) is 5.11 Å². The van der Waals surface area contributed by atoms with Gasteiger partial charge in [-0.2, -0.15) is 0 Å². The van der Waals surface area contributed by atoms with Crippen molar-refractivity contribution < 1.29 is 9.53 Å². The Bertz CT molecular complexity index is 1000. The Morgan fingerprint density at radius 1 is 1.11 bits per heavy atom. The molecule has 0 fully saturated rings. The van der Waals surface area contributed by atoms with E-state index < -0.39 is 0 Å². The molecule has 2 aromatic carbocycles. The molecular formula is C21H19BrN2O2S2. The Kier molecular flexibility index (Phi) is 6.83. The molecule has 7 heteroatoms. The summed E-state index contributed by atoms with van der Waals surface area (Å²) in [6, 6.07) is 17.5. The molecule has 0 atom stereocenters. The van der Waals surface area contributed by atoms with Gasteiger partial charge in [-0.3, -0.25) is 0 Å². The number of thiophene rings is 1. The minimum atomic E-state index is -0.364. The number of benzene rings is 2. The van der Waals surface area contributed by atoms with E-state index in [-0.39, 0.29) is 5.97 Å². The van der Waals surface area contributed by atoms with Crippen molar-refractivity contribution in [2.45, 2.75) is 13.8 Å². The molecule has 0 spiro atoms. The number of halogens is 1. The van der Waals surface area contributed by atoms with Gasteiger partial charge in [0, 0.05) is 14.9 Å². The molecule has 1 aromatic heterocycles. The third-order valence-corrected chi connectivity index (χ3v) is 5.89. The number of aryl methyl sites for hydroxylation is 1. The summed E-state index contributed by atoms with van der Waals surface area (Å²) in [5.74, 6) is -0.364. The van der Waals surface area contributed by atoms with Crippen molar-refractivity contribution >= 4 is 61.3 Å². The fourth-order valence-corrected chi connectivity index (χ4v) is 4.53. The first-order chi connectivity index (χ1) is 13.5. The normalized spacial score (nSPS) is 10.4. The van der Waals surface area contributed by atoms with E-state index in [1.165, 1.54) is 11.3 Å². The smallest absolute Gasteiger partial charge is 0.341 e. The Morgan fingerprint density at radius 3 is 2.46 bits per heavy atom. The Hall–Kier alpha value is -2.22. The van der Waals surface area contributed by atoms with E-state index in [1.807, 2.05) is 61.5 Å². The standard InChI is InChI=1S/C21H19BrN2O2S2/c1-3-26-20(25)18-17(14-9-5-4-6-10-14)13(2)28-19(18)24-21(27)23-16-12-8-7-11-15(16)22/h4-12H,3H2,1-2H3,(H2,23,24,27). The number of ether oxygens (including phenoxy) is 1. The molecule has 1 heterocycles. The molecule has 2 N–H and O–H groups in total. The summed E-state index contributed by atoms with van der Waals surface area (Å²) in [4.78, 5) is 13.8. The summed E-state index contributed by atoms with van der Waals surface area (Å²) in [7, 11) is 0. The van der Waals surface area contributed by atoms with Crippen molar-refractivity contribution in [3.8, 4) is 11.1 Å². The van der Waals surface area contributed by atoms with Crippen molar-refractivity contribution in [2.24, 2.45) is 0 Å². The SMILES string of the molecule is CCOC(=O)c1c(NC(=S)Nc2ccccc2Br)sc(C)c1-c1ccccc1. The summed E-state index contributed by atoms with van der Waals surface area (Å²) in [6.45, 7) is 4.09. The highest BCUT2D eigenvalue weighted by atomic mass is 79.9. The lowest BCUT2D eigenvalue weighted by Crippen LogP contribution is -2.20. The second-order valence-electron chi connectivity index (χ2n) is 5.88. The molecule has 0 bridgehead atoms. The van der Waals surface area contributed by atoms with E-state index in [9.17, 15) is 4.79 Å². The average molecular weight is 475 g/mol. The second-order valence-corrected chi connectivity index (χ2v) is 8.37. The predicted molar refractivity (Wildman–Crippen MR) is 124 cm³/mol. The molecule has 0 aliphatic heterocycles. The number of carbonyl (C=O) groups is 1. The molecule has 4 nitrogen and oxygen atoms in total. The number of nitrogens with one attached hydrogen (secondary N) is 2. The number of anilines is 2. The molecule has 0 unspecified atom stereocenters. The maximum Gasteiger partial charge on any atom is 0.341 e. The zero-order valence-corrected chi connectivity index (χ0v) is 18.6. The van der Waals surface area contributed by atoms with Gasteiger partial charge in [0.1, 0.15) is 10.6 Å². The molecule has 3 aromatic rings. The molecule has 0 aliphatic carbocycles. The molecule has 3 rings (SSSR count). The lowest BCUT2D eigenvalue weighted by atomic mass is 10.0. The first-order valence-corrected chi connectivity index (χ1v) is 10.7. The summed E-state index contributed by atoms with van der Waals surface area (Å²) >= 11 is 10.4. The number of esters is 1. The lowest BCUT2D eigenvalue weighted by molar-refractivity contribution is 0.0529. The van der Waals surface area contributed by atoms with Crippen LogP contribution in [0.5, 0.6) is 0 Å².